The Morgan fingerprint density at radius 2 is 2.00 bits per heavy atom. The molecule has 1 aliphatic carbocycles. The molecule has 3 fully saturated rings. The van der Waals surface area contributed by atoms with Gasteiger partial charge in [-0.15, -0.1) is 0 Å². The van der Waals surface area contributed by atoms with E-state index in [9.17, 15) is 9.18 Å². The third-order valence-electron chi connectivity index (χ3n) is 8.20. The van der Waals surface area contributed by atoms with Gasteiger partial charge >= 0.3 is 0 Å². The number of hydrogen-bond donors (Lipinski definition) is 4. The molecule has 1 aromatic carbocycles. The number of amides is 1. The van der Waals surface area contributed by atoms with Crippen LogP contribution in [0.25, 0.3) is 0 Å². The van der Waals surface area contributed by atoms with Crippen molar-refractivity contribution in [2.75, 3.05) is 26.2 Å². The number of nitrogens with two attached hydrogens (primary N) is 1. The first-order valence-electron chi connectivity index (χ1n) is 14.1. The van der Waals surface area contributed by atoms with E-state index in [1.54, 1.807) is 18.4 Å². The van der Waals surface area contributed by atoms with Gasteiger partial charge in [0.2, 0.25) is 0 Å². The molecule has 1 aromatic rings. The van der Waals surface area contributed by atoms with Crippen LogP contribution in [-0.2, 0) is 11.3 Å². The topological polar surface area (TPSA) is 101 Å². The maximum Gasteiger partial charge on any atom is 0.251 e. The first kappa shape index (κ1) is 29.3. The fraction of sp³-hybridized carbons (Fsp3) is 0.438. The second-order valence-corrected chi connectivity index (χ2v) is 11.2. The van der Waals surface area contributed by atoms with Crippen LogP contribution in [0.4, 0.5) is 4.39 Å². The molecule has 0 atom stereocenters. The summed E-state index contributed by atoms with van der Waals surface area (Å²) in [4.78, 5) is 16.9. The highest BCUT2D eigenvalue weighted by Crippen LogP contribution is 2.51. The monoisotopic (exact) mass is 547 g/mol. The van der Waals surface area contributed by atoms with Crippen molar-refractivity contribution in [1.29, 1.82) is 0 Å². The van der Waals surface area contributed by atoms with E-state index >= 15 is 0 Å². The Hall–Kier alpha value is -3.65. The summed E-state index contributed by atoms with van der Waals surface area (Å²) in [5.41, 5.74) is 10.8. The van der Waals surface area contributed by atoms with Gasteiger partial charge in [0.25, 0.3) is 5.91 Å². The average Bonchev–Trinajstić information content (AvgIpc) is 3.39. The number of hydrogen-bond acceptors (Lipinski definition) is 6. The number of rotatable bonds is 10. The van der Waals surface area contributed by atoms with Crippen molar-refractivity contribution in [1.82, 2.24) is 16.0 Å². The molecule has 0 unspecified atom stereocenters. The zero-order chi connectivity index (χ0) is 28.7. The van der Waals surface area contributed by atoms with E-state index < -0.39 is 5.82 Å². The van der Waals surface area contributed by atoms with Crippen LogP contribution in [-0.4, -0.2) is 38.4 Å². The Labute approximate surface area is 237 Å². The van der Waals surface area contributed by atoms with Crippen molar-refractivity contribution >= 4 is 12.1 Å². The van der Waals surface area contributed by atoms with Crippen LogP contribution < -0.4 is 21.7 Å². The fourth-order valence-corrected chi connectivity index (χ4v) is 6.06. The number of nitrogens with zero attached hydrogens (tertiary/aromatic N) is 1. The van der Waals surface area contributed by atoms with Gasteiger partial charge in [-0.1, -0.05) is 19.2 Å². The number of carbonyl (C=O) groups excluding carboxylic acids is 1. The minimum Gasteiger partial charge on any atom is -0.492 e. The molecular formula is C32H42FN5O2. The molecule has 40 heavy (non-hydrogen) atoms. The minimum absolute atomic E-state index is 0.226. The largest absolute Gasteiger partial charge is 0.492 e. The molecule has 2 heterocycles. The van der Waals surface area contributed by atoms with Gasteiger partial charge < -0.3 is 26.4 Å². The highest BCUT2D eigenvalue weighted by atomic mass is 19.1. The molecule has 3 aliphatic rings. The van der Waals surface area contributed by atoms with Crippen molar-refractivity contribution in [3.8, 4) is 0 Å². The van der Waals surface area contributed by atoms with Crippen molar-refractivity contribution in [3.63, 3.8) is 0 Å². The summed E-state index contributed by atoms with van der Waals surface area (Å²) in [7, 11) is 0. The van der Waals surface area contributed by atoms with Gasteiger partial charge in [0.1, 0.15) is 17.4 Å². The fourth-order valence-electron chi connectivity index (χ4n) is 6.06. The summed E-state index contributed by atoms with van der Waals surface area (Å²) in [5, 5.41) is 9.85. The summed E-state index contributed by atoms with van der Waals surface area (Å²) >= 11 is 0. The Bertz CT molecular complexity index is 1260. The second kappa shape index (κ2) is 13.1. The number of nitrogens with one attached hydrogen (secondary N) is 3. The van der Waals surface area contributed by atoms with Crippen molar-refractivity contribution in [2.24, 2.45) is 22.1 Å². The second-order valence-electron chi connectivity index (χ2n) is 11.2. The highest BCUT2D eigenvalue weighted by molar-refractivity contribution is 5.94. The molecule has 214 valence electrons. The Balaban J connectivity index is 1.39. The van der Waals surface area contributed by atoms with E-state index in [0.29, 0.717) is 42.2 Å². The molecule has 7 nitrogen and oxygen atoms in total. The molecule has 0 radical (unpaired) electrons. The molecule has 8 heteroatoms. The SMILES string of the molecule is C=CC(=C1/OCC/C1=C(/C)NCc1cc(F)cc(C(=O)NCC2CC3(CCNCC3)C2)c1)/C(C)=C/C=N\C(=C)N. The minimum atomic E-state index is -0.423. The van der Waals surface area contributed by atoms with E-state index in [0.717, 1.165) is 47.7 Å². The Morgan fingerprint density at radius 1 is 1.25 bits per heavy atom. The molecule has 1 saturated carbocycles. The van der Waals surface area contributed by atoms with E-state index in [-0.39, 0.29) is 11.7 Å². The van der Waals surface area contributed by atoms with Gasteiger partial charge in [-0.3, -0.25) is 4.79 Å². The van der Waals surface area contributed by atoms with Crippen LogP contribution in [0.1, 0.15) is 61.9 Å². The van der Waals surface area contributed by atoms with Gasteiger partial charge in [-0.25, -0.2) is 9.38 Å². The van der Waals surface area contributed by atoms with E-state index in [2.05, 4.69) is 34.1 Å². The molecule has 2 aliphatic heterocycles. The lowest BCUT2D eigenvalue weighted by molar-refractivity contribution is 0.0220. The number of benzene rings is 1. The van der Waals surface area contributed by atoms with Gasteiger partial charge in [-0.05, 0) is 99.4 Å². The smallest absolute Gasteiger partial charge is 0.251 e. The molecule has 2 saturated heterocycles. The summed E-state index contributed by atoms with van der Waals surface area (Å²) in [6.07, 6.45) is 10.7. The highest BCUT2D eigenvalue weighted by Gasteiger charge is 2.44. The number of piperidine rings is 1. The molecular weight excluding hydrogens is 505 g/mol. The zero-order valence-electron chi connectivity index (χ0n) is 23.7. The van der Waals surface area contributed by atoms with E-state index in [1.807, 2.05) is 19.9 Å². The maximum absolute atomic E-state index is 14.5. The molecule has 5 N–H and O–H groups in total. The number of allylic oxidation sites excluding steroid dienone is 6. The number of carbonyl (C=O) groups is 1. The maximum atomic E-state index is 14.5. The van der Waals surface area contributed by atoms with Crippen LogP contribution in [0.3, 0.4) is 0 Å². The normalized spacial score (nSPS) is 21.5. The van der Waals surface area contributed by atoms with Gasteiger partial charge in [-0.2, -0.15) is 0 Å². The van der Waals surface area contributed by atoms with Crippen molar-refractivity contribution < 1.29 is 13.9 Å². The van der Waals surface area contributed by atoms with Gasteiger partial charge in [0, 0.05) is 48.1 Å². The third-order valence-corrected chi connectivity index (χ3v) is 8.20. The summed E-state index contributed by atoms with van der Waals surface area (Å²) < 4.78 is 20.5. The first-order chi connectivity index (χ1) is 19.2. The summed E-state index contributed by atoms with van der Waals surface area (Å²) in [6, 6.07) is 4.52. The van der Waals surface area contributed by atoms with Crippen LogP contribution in [0.2, 0.25) is 0 Å². The average molecular weight is 548 g/mol. The Kier molecular flexibility index (Phi) is 9.63. The lowest BCUT2D eigenvalue weighted by Crippen LogP contribution is -2.48. The summed E-state index contributed by atoms with van der Waals surface area (Å²) in [5.74, 6) is 0.851. The lowest BCUT2D eigenvalue weighted by Gasteiger charge is -2.50. The summed E-state index contributed by atoms with van der Waals surface area (Å²) in [6.45, 7) is 15.2. The van der Waals surface area contributed by atoms with Crippen molar-refractivity contribution in [3.05, 3.63) is 94.4 Å². The molecule has 0 aromatic heterocycles. The van der Waals surface area contributed by atoms with E-state index in [1.165, 1.54) is 37.8 Å². The first-order valence-corrected chi connectivity index (χ1v) is 14.1. The van der Waals surface area contributed by atoms with Crippen LogP contribution in [0.15, 0.2) is 82.5 Å². The van der Waals surface area contributed by atoms with Crippen LogP contribution in [0.5, 0.6) is 0 Å². The Morgan fingerprint density at radius 3 is 2.70 bits per heavy atom. The molecule has 1 spiro atoms. The van der Waals surface area contributed by atoms with Gasteiger partial charge in [0.15, 0.2) is 0 Å². The van der Waals surface area contributed by atoms with Crippen LogP contribution >= 0.6 is 0 Å². The van der Waals surface area contributed by atoms with E-state index in [4.69, 9.17) is 10.5 Å². The lowest BCUT2D eigenvalue weighted by atomic mass is 9.58. The number of ether oxygens (including phenoxy) is 1. The predicted molar refractivity (Wildman–Crippen MR) is 159 cm³/mol. The standard InChI is InChI=1S/C32H42FN5O2/c1-5-28(21(2)6-10-36-23(4)34)30-29(7-13-40-30)22(3)37-19-24-14-26(16-27(33)15-24)31(39)38-20-25-17-32(18-25)8-11-35-12-9-32/h5-6,10,14-16,25,35,37H,1,4,7-9,11-13,17-20,34H2,2-3H3,(H,38,39)/b21-6+,29-22+,30-28-,36-10-. The van der Waals surface area contributed by atoms with Gasteiger partial charge in [0.05, 0.1) is 6.61 Å². The third kappa shape index (κ3) is 7.30. The molecule has 1 amide bonds. The number of aliphatic imine (C=N–C) groups is 1. The zero-order valence-corrected chi connectivity index (χ0v) is 23.7. The molecule has 0 bridgehead atoms. The van der Waals surface area contributed by atoms with Crippen molar-refractivity contribution in [2.45, 2.75) is 52.5 Å². The number of halogens is 1. The predicted octanol–water partition coefficient (Wildman–Crippen LogP) is 5.01. The molecule has 4 rings (SSSR count). The quantitative estimate of drug-likeness (QED) is 0.309. The van der Waals surface area contributed by atoms with Crippen LogP contribution in [0, 0.1) is 17.2 Å².